The molecule has 4 aromatic rings. The Morgan fingerprint density at radius 3 is 2.67 bits per heavy atom. The number of carboxylic acids is 2. The number of aromatic nitrogens is 4. The Hall–Kier alpha value is -5.56. The van der Waals surface area contributed by atoms with E-state index in [-0.39, 0.29) is 46.7 Å². The van der Waals surface area contributed by atoms with Crippen LogP contribution in [0.2, 0.25) is 0 Å². The second-order valence-corrected chi connectivity index (χ2v) is 13.8. The summed E-state index contributed by atoms with van der Waals surface area (Å²) in [6.07, 6.45) is 6.53. The first-order valence-electron chi connectivity index (χ1n) is 14.6. The maximum atomic E-state index is 13.5. The number of thiazole rings is 1. The number of pyridine rings is 1. The molecular weight excluding hydrogens is 679 g/mol. The molecule has 49 heavy (non-hydrogen) atoms. The first-order chi connectivity index (χ1) is 23.2. The highest BCUT2D eigenvalue weighted by Crippen LogP contribution is 2.45. The lowest BCUT2D eigenvalue weighted by molar-refractivity contribution is -0.687. The van der Waals surface area contributed by atoms with Gasteiger partial charge in [0.2, 0.25) is 17.4 Å². The van der Waals surface area contributed by atoms with Gasteiger partial charge in [0.25, 0.3) is 0 Å². The minimum Gasteiger partial charge on any atom is -0.478 e. The molecule has 0 saturated carbocycles. The number of hydrogen-bond acceptors (Lipinski definition) is 13. The fraction of sp³-hybridized carbons (Fsp3) is 0.300. The molecule has 254 valence electrons. The highest BCUT2D eigenvalue weighted by Gasteiger charge is 2.54. The third-order valence-electron chi connectivity index (χ3n) is 7.95. The van der Waals surface area contributed by atoms with Gasteiger partial charge >= 0.3 is 11.9 Å². The first-order valence-corrected chi connectivity index (χ1v) is 16.6. The van der Waals surface area contributed by atoms with E-state index in [4.69, 9.17) is 26.1 Å². The number of carboxylic acid groups (broad SMARTS) is 2. The standard InChI is InChI=1S/C30H29N9O8S2/c1-30(2,28(44)45)47-36-22(18-13-49-29(33)35-18)20(40)7-16-25(41)39-23(27(42)43)15(12-48-26(16)39)9-37-5-4-19-14(8-37)3-6-38(19)10-21-34-17(11-46-21)24(31)32/h3-6,8,11,13,16,26H,7,9-10,12H2,1-2H3,(H6-,31,32,33,35,42,43,44,45)/p+1/b36-22-/t16-,26-/m1/s1. The number of fused-ring (bicyclic) bond motifs is 2. The maximum absolute atomic E-state index is 13.5. The molecule has 0 radical (unpaired) electrons. The third kappa shape index (κ3) is 6.49. The van der Waals surface area contributed by atoms with Gasteiger partial charge < -0.3 is 35.5 Å². The molecule has 6 heterocycles. The number of rotatable bonds is 13. The summed E-state index contributed by atoms with van der Waals surface area (Å²) in [6, 6.07) is 3.77. The van der Waals surface area contributed by atoms with Crippen LogP contribution in [0, 0.1) is 11.3 Å². The number of ketones is 1. The average molecular weight is 709 g/mol. The topological polar surface area (TPSA) is 257 Å². The Labute approximate surface area is 285 Å². The van der Waals surface area contributed by atoms with E-state index in [9.17, 15) is 29.4 Å². The number of Topliss-reactive ketones (excluding diaryl/α,β-unsaturated/α-hetero) is 1. The number of amidine groups is 1. The molecule has 1 amide bonds. The summed E-state index contributed by atoms with van der Waals surface area (Å²) in [5, 5.41) is 32.8. The van der Waals surface area contributed by atoms with E-state index < -0.39 is 40.5 Å². The number of aliphatic carboxylic acids is 2. The van der Waals surface area contributed by atoms with Gasteiger partial charge in [-0.25, -0.2) is 24.1 Å². The summed E-state index contributed by atoms with van der Waals surface area (Å²) in [7, 11) is 0. The van der Waals surface area contributed by atoms with Gasteiger partial charge in [0.1, 0.15) is 29.2 Å². The molecule has 1 fully saturated rings. The highest BCUT2D eigenvalue weighted by molar-refractivity contribution is 8.00. The van der Waals surface area contributed by atoms with Gasteiger partial charge in [-0.05, 0) is 19.9 Å². The summed E-state index contributed by atoms with van der Waals surface area (Å²) in [5.74, 6) is -4.07. The molecule has 2 atom stereocenters. The number of carbonyl (C=O) groups excluding carboxylic acids is 2. The molecule has 0 spiro atoms. The molecule has 0 aliphatic carbocycles. The van der Waals surface area contributed by atoms with E-state index in [2.05, 4.69) is 15.1 Å². The van der Waals surface area contributed by atoms with Gasteiger partial charge in [-0.1, -0.05) is 5.16 Å². The van der Waals surface area contributed by atoms with Crippen LogP contribution in [0.3, 0.4) is 0 Å². The number of oxazole rings is 1. The van der Waals surface area contributed by atoms with Crippen LogP contribution in [0.1, 0.15) is 37.5 Å². The first kappa shape index (κ1) is 33.3. The SMILES string of the molecule is CC(C)(O/N=C(\C(=O)C[C@@H]1C(=O)N2C(C(=O)O)=C(C[n+]3ccc4c(ccn4Cc4nc(C(=N)N)co4)c3)CS[C@H]12)c1csc(N)n1)C(=O)O. The number of hydrogen-bond donors (Lipinski definition) is 5. The van der Waals surface area contributed by atoms with Gasteiger partial charge in [0.05, 0.1) is 28.7 Å². The quantitative estimate of drug-likeness (QED) is 0.0433. The van der Waals surface area contributed by atoms with Gasteiger partial charge in [0, 0.05) is 35.4 Å². The number of anilines is 1. The molecular formula is C30H30N9O8S2+. The molecule has 17 nitrogen and oxygen atoms in total. The Kier molecular flexibility index (Phi) is 8.71. The predicted molar refractivity (Wildman–Crippen MR) is 175 cm³/mol. The maximum Gasteiger partial charge on any atom is 0.352 e. The molecule has 1 saturated heterocycles. The van der Waals surface area contributed by atoms with Crippen molar-refractivity contribution < 1.29 is 43.2 Å². The Balaban J connectivity index is 1.18. The fourth-order valence-corrected chi connectivity index (χ4v) is 7.32. The molecule has 6 rings (SSSR count). The van der Waals surface area contributed by atoms with Crippen LogP contribution >= 0.6 is 23.1 Å². The molecule has 0 bridgehead atoms. The Bertz CT molecular complexity index is 2100. The van der Waals surface area contributed by atoms with Crippen LogP contribution < -0.4 is 16.0 Å². The lowest BCUT2D eigenvalue weighted by atomic mass is 9.89. The molecule has 2 aliphatic rings. The summed E-state index contributed by atoms with van der Waals surface area (Å²) in [6.45, 7) is 3.04. The number of nitrogens with two attached hydrogens (primary N) is 2. The molecule has 0 unspecified atom stereocenters. The number of thioether (sulfide) groups is 1. The summed E-state index contributed by atoms with van der Waals surface area (Å²) in [5.41, 5.74) is 10.8. The molecule has 19 heteroatoms. The van der Waals surface area contributed by atoms with Crippen molar-refractivity contribution in [1.29, 1.82) is 5.41 Å². The number of oxime groups is 1. The average Bonchev–Trinajstić information content (AvgIpc) is 3.80. The zero-order valence-corrected chi connectivity index (χ0v) is 27.7. The summed E-state index contributed by atoms with van der Waals surface area (Å²) >= 11 is 2.40. The number of nitrogens with one attached hydrogen (secondary N) is 1. The van der Waals surface area contributed by atoms with Gasteiger partial charge in [-0.3, -0.25) is 19.9 Å². The third-order valence-corrected chi connectivity index (χ3v) is 10.0. The van der Waals surface area contributed by atoms with Crippen molar-refractivity contribution >= 4 is 74.3 Å². The van der Waals surface area contributed by atoms with E-state index in [0.29, 0.717) is 23.8 Å². The Morgan fingerprint density at radius 1 is 1.24 bits per heavy atom. The summed E-state index contributed by atoms with van der Waals surface area (Å²) in [4.78, 5) is 65.5. The van der Waals surface area contributed by atoms with Crippen molar-refractivity contribution in [3.8, 4) is 0 Å². The van der Waals surface area contributed by atoms with Crippen LogP contribution in [0.4, 0.5) is 5.13 Å². The molecule has 2 aliphatic heterocycles. The van der Waals surface area contributed by atoms with Crippen molar-refractivity contribution in [3.63, 3.8) is 0 Å². The normalized spacial score (nSPS) is 18.0. The lowest BCUT2D eigenvalue weighted by Gasteiger charge is -2.49. The van der Waals surface area contributed by atoms with E-state index in [1.54, 1.807) is 6.20 Å². The van der Waals surface area contributed by atoms with E-state index in [1.807, 2.05) is 33.7 Å². The monoisotopic (exact) mass is 708 g/mol. The Morgan fingerprint density at radius 2 is 2.02 bits per heavy atom. The van der Waals surface area contributed by atoms with Gasteiger partial charge in [-0.15, -0.1) is 23.1 Å². The minimum atomic E-state index is -1.75. The molecule has 4 aromatic heterocycles. The fourth-order valence-electron chi connectivity index (χ4n) is 5.37. The number of nitrogen functional groups attached to an aromatic ring is 2. The number of β-lactam (4-membered cyclic amide) rings is 1. The van der Waals surface area contributed by atoms with Crippen molar-refractivity contribution in [3.05, 3.63) is 70.9 Å². The summed E-state index contributed by atoms with van der Waals surface area (Å²) < 4.78 is 9.17. The van der Waals surface area contributed by atoms with Crippen LogP contribution in [-0.2, 0) is 37.1 Å². The number of amides is 1. The minimum absolute atomic E-state index is 0.0751. The van der Waals surface area contributed by atoms with Gasteiger partial charge in [0.15, 0.2) is 35.6 Å². The second-order valence-electron chi connectivity index (χ2n) is 11.8. The predicted octanol–water partition coefficient (Wildman–Crippen LogP) is 1.40. The largest absolute Gasteiger partial charge is 0.478 e. The van der Waals surface area contributed by atoms with Crippen LogP contribution in [0.5, 0.6) is 0 Å². The van der Waals surface area contributed by atoms with Crippen molar-refractivity contribution in [2.45, 2.75) is 44.3 Å². The van der Waals surface area contributed by atoms with Crippen molar-refractivity contribution in [1.82, 2.24) is 19.4 Å². The zero-order valence-electron chi connectivity index (χ0n) is 26.0. The number of nitrogens with zero attached hydrogens (tertiary/aromatic N) is 6. The van der Waals surface area contributed by atoms with Crippen molar-refractivity contribution in [2.75, 3.05) is 11.5 Å². The van der Waals surface area contributed by atoms with Crippen LogP contribution in [0.25, 0.3) is 10.9 Å². The highest BCUT2D eigenvalue weighted by atomic mass is 32.2. The molecule has 7 N–H and O–H groups in total. The van der Waals surface area contributed by atoms with Crippen LogP contribution in [0.15, 0.2) is 63.2 Å². The zero-order chi connectivity index (χ0) is 35.2. The van der Waals surface area contributed by atoms with E-state index >= 15 is 0 Å². The van der Waals surface area contributed by atoms with E-state index in [1.165, 1.54) is 42.2 Å². The lowest BCUT2D eigenvalue weighted by Crippen LogP contribution is -2.62. The smallest absolute Gasteiger partial charge is 0.352 e. The van der Waals surface area contributed by atoms with Crippen LogP contribution in [-0.4, -0.2) is 81.6 Å². The number of carbonyl (C=O) groups is 4. The van der Waals surface area contributed by atoms with Crippen molar-refractivity contribution in [2.24, 2.45) is 16.8 Å². The van der Waals surface area contributed by atoms with E-state index in [0.717, 1.165) is 22.2 Å². The van der Waals surface area contributed by atoms with Gasteiger partial charge in [-0.2, -0.15) is 0 Å². The molecule has 0 aromatic carbocycles. The second kappa shape index (κ2) is 12.8.